The van der Waals surface area contributed by atoms with Crippen molar-refractivity contribution < 1.29 is 4.79 Å². The van der Waals surface area contributed by atoms with Crippen molar-refractivity contribution in [2.45, 2.75) is 12.8 Å². The van der Waals surface area contributed by atoms with Crippen LogP contribution in [-0.4, -0.2) is 22.4 Å². The third kappa shape index (κ3) is 2.89. The van der Waals surface area contributed by atoms with E-state index >= 15 is 0 Å². The second kappa shape index (κ2) is 5.71. The van der Waals surface area contributed by atoms with Gasteiger partial charge in [-0.25, -0.2) is 0 Å². The van der Waals surface area contributed by atoms with E-state index in [1.807, 2.05) is 0 Å². The predicted octanol–water partition coefficient (Wildman–Crippen LogP) is 3.18. The average Bonchev–Trinajstić information content (AvgIpc) is 2.74. The lowest BCUT2D eigenvalue weighted by molar-refractivity contribution is -0.117. The maximum Gasteiger partial charge on any atom is 0.235 e. The van der Waals surface area contributed by atoms with Crippen molar-refractivity contribution >= 4 is 69.1 Å². The lowest BCUT2D eigenvalue weighted by Crippen LogP contribution is -2.26. The van der Waals surface area contributed by atoms with Crippen molar-refractivity contribution in [3.8, 4) is 0 Å². The monoisotopic (exact) mass is 340 g/mol. The van der Waals surface area contributed by atoms with E-state index in [0.717, 1.165) is 6.42 Å². The van der Waals surface area contributed by atoms with Crippen LogP contribution in [0.25, 0.3) is 5.03 Å². The van der Waals surface area contributed by atoms with Crippen molar-refractivity contribution in [3.63, 3.8) is 0 Å². The SMILES string of the molecule is Nc1nc(N2CCCC2=O)nc(Cl)c1C(Cl)=C(Cl)Cl. The molecule has 0 radical (unpaired) electrons. The summed E-state index contributed by atoms with van der Waals surface area (Å²) in [6.07, 6.45) is 1.20. The number of carbonyl (C=O) groups excluding carboxylic acids is 1. The van der Waals surface area contributed by atoms with E-state index < -0.39 is 0 Å². The largest absolute Gasteiger partial charge is 0.383 e. The van der Waals surface area contributed by atoms with Crippen LogP contribution in [0.3, 0.4) is 0 Å². The molecule has 0 aliphatic carbocycles. The Kier molecular flexibility index (Phi) is 4.40. The number of nitrogens with two attached hydrogens (primary N) is 1. The number of carbonyl (C=O) groups is 1. The molecule has 1 amide bonds. The van der Waals surface area contributed by atoms with Crippen LogP contribution in [0.2, 0.25) is 5.15 Å². The van der Waals surface area contributed by atoms with Gasteiger partial charge in [0.15, 0.2) is 0 Å². The molecule has 1 aliphatic rings. The second-order valence-electron chi connectivity index (χ2n) is 3.80. The molecule has 1 aromatic rings. The van der Waals surface area contributed by atoms with Gasteiger partial charge in [-0.15, -0.1) is 0 Å². The summed E-state index contributed by atoms with van der Waals surface area (Å²) in [5.74, 6) is 0.0997. The fourth-order valence-corrected chi connectivity index (χ4v) is 2.41. The third-order valence-electron chi connectivity index (χ3n) is 2.58. The number of nitrogen functional groups attached to an aromatic ring is 1. The Hall–Kier alpha value is -0.750. The summed E-state index contributed by atoms with van der Waals surface area (Å²) in [6, 6.07) is 0. The summed E-state index contributed by atoms with van der Waals surface area (Å²) in [6.45, 7) is 0.535. The number of anilines is 2. The summed E-state index contributed by atoms with van der Waals surface area (Å²) in [5.41, 5.74) is 5.92. The average molecular weight is 342 g/mol. The van der Waals surface area contributed by atoms with Gasteiger partial charge >= 0.3 is 0 Å². The third-order valence-corrected chi connectivity index (χ3v) is 3.80. The Bertz CT molecular complexity index is 548. The van der Waals surface area contributed by atoms with E-state index in [2.05, 4.69) is 9.97 Å². The maximum absolute atomic E-state index is 11.6. The second-order valence-corrected chi connectivity index (χ2v) is 5.48. The first-order chi connectivity index (χ1) is 8.91. The molecule has 102 valence electrons. The lowest BCUT2D eigenvalue weighted by atomic mass is 10.3. The standard InChI is InChI=1S/C10H8Cl4N4O/c11-6(7(12)13)5-8(14)16-10(17-9(5)15)18-3-1-2-4(18)19/h1-3H2,(H2,15,16,17). The molecule has 1 aliphatic heterocycles. The Morgan fingerprint density at radius 3 is 2.42 bits per heavy atom. The molecule has 5 nitrogen and oxygen atoms in total. The molecule has 0 aromatic carbocycles. The van der Waals surface area contributed by atoms with Gasteiger partial charge in [0.1, 0.15) is 15.5 Å². The van der Waals surface area contributed by atoms with Gasteiger partial charge in [0.2, 0.25) is 11.9 Å². The van der Waals surface area contributed by atoms with E-state index in [9.17, 15) is 4.79 Å². The summed E-state index contributed by atoms with van der Waals surface area (Å²) < 4.78 is -0.191. The molecule has 0 unspecified atom stereocenters. The number of hydrogen-bond donors (Lipinski definition) is 1. The minimum atomic E-state index is -0.191. The zero-order valence-electron chi connectivity index (χ0n) is 9.46. The summed E-state index contributed by atoms with van der Waals surface area (Å²) in [7, 11) is 0. The first-order valence-electron chi connectivity index (χ1n) is 5.26. The van der Waals surface area contributed by atoms with Gasteiger partial charge in [-0.2, -0.15) is 9.97 Å². The topological polar surface area (TPSA) is 72.1 Å². The number of rotatable bonds is 2. The van der Waals surface area contributed by atoms with E-state index in [4.69, 9.17) is 52.1 Å². The Balaban J connectivity index is 2.48. The molecule has 2 N–H and O–H groups in total. The molecular weight excluding hydrogens is 334 g/mol. The van der Waals surface area contributed by atoms with E-state index in [0.29, 0.717) is 13.0 Å². The number of amides is 1. The van der Waals surface area contributed by atoms with Gasteiger partial charge in [-0.1, -0.05) is 46.4 Å². The van der Waals surface area contributed by atoms with Crippen molar-refractivity contribution in [1.29, 1.82) is 0 Å². The van der Waals surface area contributed by atoms with Gasteiger partial charge in [-0.3, -0.25) is 9.69 Å². The molecule has 0 spiro atoms. The van der Waals surface area contributed by atoms with Crippen LogP contribution in [0.15, 0.2) is 4.49 Å². The minimum Gasteiger partial charge on any atom is -0.383 e. The van der Waals surface area contributed by atoms with Gasteiger partial charge in [-0.05, 0) is 6.42 Å². The minimum absolute atomic E-state index is 0.00833. The first kappa shape index (κ1) is 14.7. The van der Waals surface area contributed by atoms with Crippen LogP contribution < -0.4 is 10.6 Å². The highest BCUT2D eigenvalue weighted by molar-refractivity contribution is 6.67. The molecular formula is C10H8Cl4N4O. The molecule has 19 heavy (non-hydrogen) atoms. The number of hydrogen-bond acceptors (Lipinski definition) is 4. The summed E-state index contributed by atoms with van der Waals surface area (Å²) in [4.78, 5) is 21.1. The summed E-state index contributed by atoms with van der Waals surface area (Å²) in [5, 5.41) is -0.0452. The van der Waals surface area contributed by atoms with Gasteiger partial charge < -0.3 is 5.73 Å². The zero-order chi connectivity index (χ0) is 14.2. The molecule has 0 saturated carbocycles. The van der Waals surface area contributed by atoms with Crippen LogP contribution in [0.4, 0.5) is 11.8 Å². The smallest absolute Gasteiger partial charge is 0.235 e. The molecule has 2 rings (SSSR count). The molecule has 1 aromatic heterocycles. The fourth-order valence-electron chi connectivity index (χ4n) is 1.72. The molecule has 2 heterocycles. The predicted molar refractivity (Wildman–Crippen MR) is 77.5 cm³/mol. The van der Waals surface area contributed by atoms with Crippen LogP contribution in [0.5, 0.6) is 0 Å². The quantitative estimate of drug-likeness (QED) is 0.838. The Morgan fingerprint density at radius 2 is 1.95 bits per heavy atom. The number of aromatic nitrogens is 2. The molecule has 0 bridgehead atoms. The highest BCUT2D eigenvalue weighted by Crippen LogP contribution is 2.36. The lowest BCUT2D eigenvalue weighted by Gasteiger charge is -2.15. The van der Waals surface area contributed by atoms with Crippen LogP contribution >= 0.6 is 46.4 Å². The Morgan fingerprint density at radius 1 is 1.26 bits per heavy atom. The van der Waals surface area contributed by atoms with Gasteiger partial charge in [0.25, 0.3) is 0 Å². The maximum atomic E-state index is 11.6. The van der Waals surface area contributed by atoms with Crippen molar-refractivity contribution in [3.05, 3.63) is 15.2 Å². The normalized spacial score (nSPS) is 14.9. The highest BCUT2D eigenvalue weighted by Gasteiger charge is 2.26. The zero-order valence-corrected chi connectivity index (χ0v) is 12.5. The number of nitrogens with zero attached hydrogens (tertiary/aromatic N) is 3. The van der Waals surface area contributed by atoms with Crippen molar-refractivity contribution in [2.24, 2.45) is 0 Å². The van der Waals surface area contributed by atoms with Crippen LogP contribution in [-0.2, 0) is 4.79 Å². The molecule has 1 saturated heterocycles. The fraction of sp³-hybridized carbons (Fsp3) is 0.300. The van der Waals surface area contributed by atoms with Gasteiger partial charge in [0, 0.05) is 13.0 Å². The van der Waals surface area contributed by atoms with Crippen LogP contribution in [0.1, 0.15) is 18.4 Å². The van der Waals surface area contributed by atoms with Crippen LogP contribution in [0, 0.1) is 0 Å². The summed E-state index contributed by atoms with van der Waals surface area (Å²) >= 11 is 23.0. The van der Waals surface area contributed by atoms with E-state index in [-0.39, 0.29) is 37.9 Å². The first-order valence-corrected chi connectivity index (χ1v) is 6.77. The number of halogens is 4. The van der Waals surface area contributed by atoms with E-state index in [1.54, 1.807) is 0 Å². The van der Waals surface area contributed by atoms with Gasteiger partial charge in [0.05, 0.1) is 10.6 Å². The Labute approximate surface area is 129 Å². The molecule has 9 heteroatoms. The molecule has 0 atom stereocenters. The van der Waals surface area contributed by atoms with E-state index in [1.165, 1.54) is 4.90 Å². The molecule has 1 fully saturated rings. The van der Waals surface area contributed by atoms with Crippen molar-refractivity contribution in [2.75, 3.05) is 17.2 Å². The van der Waals surface area contributed by atoms with Crippen molar-refractivity contribution in [1.82, 2.24) is 9.97 Å². The highest BCUT2D eigenvalue weighted by atomic mass is 35.5.